The summed E-state index contributed by atoms with van der Waals surface area (Å²) in [7, 11) is 0. The number of aryl methyl sites for hydroxylation is 1. The Morgan fingerprint density at radius 3 is 3.00 bits per heavy atom. The highest BCUT2D eigenvalue weighted by atomic mass is 14.9. The van der Waals surface area contributed by atoms with Crippen LogP contribution in [0.25, 0.3) is 10.9 Å². The average Bonchev–Trinajstić information content (AvgIpc) is 2.84. The molecule has 0 amide bonds. The molecule has 3 rings (SSSR count). The van der Waals surface area contributed by atoms with E-state index in [1.165, 1.54) is 16.5 Å². The zero-order valence-electron chi connectivity index (χ0n) is 10.7. The van der Waals surface area contributed by atoms with Gasteiger partial charge in [-0.15, -0.1) is 0 Å². The monoisotopic (exact) mass is 247 g/mol. The molecule has 0 radical (unpaired) electrons. The molecule has 0 atom stereocenters. The van der Waals surface area contributed by atoms with Crippen LogP contribution < -0.4 is 0 Å². The topological polar surface area (TPSA) is 41.6 Å². The SMILES string of the molecule is Cc1cccc2c1ccn2Cc1ccnc(C#N)c1. The molecule has 2 heterocycles. The number of nitriles is 1. The van der Waals surface area contributed by atoms with Crippen molar-refractivity contribution in [3.05, 3.63) is 65.6 Å². The highest BCUT2D eigenvalue weighted by Crippen LogP contribution is 2.20. The predicted molar refractivity (Wildman–Crippen MR) is 74.7 cm³/mol. The van der Waals surface area contributed by atoms with Crippen LogP contribution in [0.3, 0.4) is 0 Å². The molecule has 3 nitrogen and oxygen atoms in total. The third-order valence-electron chi connectivity index (χ3n) is 3.32. The Balaban J connectivity index is 2.02. The van der Waals surface area contributed by atoms with E-state index < -0.39 is 0 Å². The molecule has 0 unspecified atom stereocenters. The van der Waals surface area contributed by atoms with E-state index in [1.807, 2.05) is 12.1 Å². The molecule has 2 aromatic heterocycles. The summed E-state index contributed by atoms with van der Waals surface area (Å²) in [6.45, 7) is 2.87. The predicted octanol–water partition coefficient (Wildman–Crippen LogP) is 3.26. The van der Waals surface area contributed by atoms with E-state index in [4.69, 9.17) is 5.26 Å². The molecule has 0 saturated carbocycles. The van der Waals surface area contributed by atoms with Crippen LogP contribution >= 0.6 is 0 Å². The van der Waals surface area contributed by atoms with Crippen LogP contribution in [0.15, 0.2) is 48.8 Å². The van der Waals surface area contributed by atoms with Gasteiger partial charge in [-0.3, -0.25) is 0 Å². The minimum Gasteiger partial charge on any atom is -0.343 e. The quantitative estimate of drug-likeness (QED) is 0.697. The third kappa shape index (κ3) is 2.09. The molecule has 3 aromatic rings. The van der Waals surface area contributed by atoms with Crippen molar-refractivity contribution in [2.45, 2.75) is 13.5 Å². The summed E-state index contributed by atoms with van der Waals surface area (Å²) in [5.41, 5.74) is 4.05. The Bertz CT molecular complexity index is 778. The van der Waals surface area contributed by atoms with Crippen molar-refractivity contribution in [3.63, 3.8) is 0 Å². The van der Waals surface area contributed by atoms with Crippen LogP contribution in [0, 0.1) is 18.3 Å². The summed E-state index contributed by atoms with van der Waals surface area (Å²) in [5, 5.41) is 10.2. The van der Waals surface area contributed by atoms with Gasteiger partial charge < -0.3 is 4.57 Å². The van der Waals surface area contributed by atoms with Crippen molar-refractivity contribution in [1.29, 1.82) is 5.26 Å². The minimum atomic E-state index is 0.463. The zero-order chi connectivity index (χ0) is 13.2. The molecular formula is C16H13N3. The largest absolute Gasteiger partial charge is 0.343 e. The third-order valence-corrected chi connectivity index (χ3v) is 3.32. The fourth-order valence-corrected chi connectivity index (χ4v) is 2.35. The van der Waals surface area contributed by atoms with Crippen molar-refractivity contribution in [2.24, 2.45) is 0 Å². The molecule has 0 spiro atoms. The number of hydrogen-bond acceptors (Lipinski definition) is 2. The Hall–Kier alpha value is -2.60. The van der Waals surface area contributed by atoms with Crippen LogP contribution in [0.2, 0.25) is 0 Å². The first-order chi connectivity index (χ1) is 9.28. The summed E-state index contributed by atoms with van der Waals surface area (Å²) in [5.74, 6) is 0. The van der Waals surface area contributed by atoms with Crippen LogP contribution in [-0.4, -0.2) is 9.55 Å². The van der Waals surface area contributed by atoms with Gasteiger partial charge in [-0.2, -0.15) is 5.26 Å². The van der Waals surface area contributed by atoms with E-state index in [-0.39, 0.29) is 0 Å². The van der Waals surface area contributed by atoms with Gasteiger partial charge in [0.1, 0.15) is 11.8 Å². The smallest absolute Gasteiger partial charge is 0.140 e. The number of pyridine rings is 1. The highest BCUT2D eigenvalue weighted by molar-refractivity contribution is 5.83. The lowest BCUT2D eigenvalue weighted by Crippen LogP contribution is -1.98. The van der Waals surface area contributed by atoms with E-state index in [0.29, 0.717) is 5.69 Å². The number of benzene rings is 1. The van der Waals surface area contributed by atoms with Gasteiger partial charge in [-0.1, -0.05) is 12.1 Å². The maximum atomic E-state index is 8.88. The lowest BCUT2D eigenvalue weighted by Gasteiger charge is -2.06. The Kier molecular flexibility index (Phi) is 2.77. The van der Waals surface area contributed by atoms with Gasteiger partial charge in [0.25, 0.3) is 0 Å². The van der Waals surface area contributed by atoms with Gasteiger partial charge in [0.15, 0.2) is 0 Å². The number of fused-ring (bicyclic) bond motifs is 1. The molecule has 19 heavy (non-hydrogen) atoms. The Morgan fingerprint density at radius 1 is 1.26 bits per heavy atom. The molecule has 0 saturated heterocycles. The zero-order valence-corrected chi connectivity index (χ0v) is 10.7. The van der Waals surface area contributed by atoms with Gasteiger partial charge in [-0.25, -0.2) is 4.98 Å². The number of rotatable bonds is 2. The van der Waals surface area contributed by atoms with Gasteiger partial charge in [0.05, 0.1) is 0 Å². The molecule has 0 aliphatic carbocycles. The molecule has 1 aromatic carbocycles. The molecule has 3 heteroatoms. The lowest BCUT2D eigenvalue weighted by atomic mass is 10.1. The van der Waals surface area contributed by atoms with Gasteiger partial charge >= 0.3 is 0 Å². The Morgan fingerprint density at radius 2 is 2.16 bits per heavy atom. The van der Waals surface area contributed by atoms with Crippen molar-refractivity contribution in [2.75, 3.05) is 0 Å². The maximum Gasteiger partial charge on any atom is 0.140 e. The minimum absolute atomic E-state index is 0.463. The van der Waals surface area contributed by atoms with E-state index in [0.717, 1.165) is 12.1 Å². The van der Waals surface area contributed by atoms with Gasteiger partial charge in [0.2, 0.25) is 0 Å². The Labute approximate surface area is 111 Å². The van der Waals surface area contributed by atoms with E-state index >= 15 is 0 Å². The molecule has 0 aliphatic rings. The molecule has 0 fully saturated rings. The van der Waals surface area contributed by atoms with Crippen molar-refractivity contribution < 1.29 is 0 Å². The van der Waals surface area contributed by atoms with E-state index in [1.54, 1.807) is 6.20 Å². The second kappa shape index (κ2) is 4.58. The second-order valence-corrected chi connectivity index (χ2v) is 4.61. The van der Waals surface area contributed by atoms with Crippen LogP contribution in [0.5, 0.6) is 0 Å². The lowest BCUT2D eigenvalue weighted by molar-refractivity contribution is 0.834. The fraction of sp³-hybridized carbons (Fsp3) is 0.125. The number of nitrogens with zero attached hydrogens (tertiary/aromatic N) is 3. The fourth-order valence-electron chi connectivity index (χ4n) is 2.35. The van der Waals surface area contributed by atoms with Gasteiger partial charge in [-0.05, 0) is 42.3 Å². The second-order valence-electron chi connectivity index (χ2n) is 4.61. The number of hydrogen-bond donors (Lipinski definition) is 0. The van der Waals surface area contributed by atoms with E-state index in [9.17, 15) is 0 Å². The molecule has 0 N–H and O–H groups in total. The molecular weight excluding hydrogens is 234 g/mol. The van der Waals surface area contributed by atoms with Crippen LogP contribution in [-0.2, 0) is 6.54 Å². The maximum absolute atomic E-state index is 8.88. The summed E-state index contributed by atoms with van der Waals surface area (Å²) in [6, 6.07) is 14.3. The summed E-state index contributed by atoms with van der Waals surface area (Å²) in [6.07, 6.45) is 3.77. The van der Waals surface area contributed by atoms with Crippen LogP contribution in [0.4, 0.5) is 0 Å². The first-order valence-corrected chi connectivity index (χ1v) is 6.17. The number of aromatic nitrogens is 2. The normalized spacial score (nSPS) is 10.5. The van der Waals surface area contributed by atoms with Crippen molar-refractivity contribution in [1.82, 2.24) is 9.55 Å². The van der Waals surface area contributed by atoms with E-state index in [2.05, 4.69) is 53.0 Å². The van der Waals surface area contributed by atoms with Gasteiger partial charge in [0, 0.05) is 29.8 Å². The molecule has 0 aliphatic heterocycles. The standard InChI is InChI=1S/C16H13N3/c1-12-3-2-4-16-15(12)6-8-19(16)11-13-5-7-18-14(9-13)10-17/h2-9H,11H2,1H3. The van der Waals surface area contributed by atoms with Crippen LogP contribution in [0.1, 0.15) is 16.8 Å². The molecule has 0 bridgehead atoms. The summed E-state index contributed by atoms with van der Waals surface area (Å²) < 4.78 is 2.19. The first-order valence-electron chi connectivity index (χ1n) is 6.17. The average molecular weight is 247 g/mol. The van der Waals surface area contributed by atoms with Crippen molar-refractivity contribution >= 4 is 10.9 Å². The van der Waals surface area contributed by atoms with Crippen molar-refractivity contribution in [3.8, 4) is 6.07 Å². The summed E-state index contributed by atoms with van der Waals surface area (Å²) in [4.78, 5) is 3.99. The molecule has 92 valence electrons. The summed E-state index contributed by atoms with van der Waals surface area (Å²) >= 11 is 0. The highest BCUT2D eigenvalue weighted by Gasteiger charge is 2.04. The first kappa shape index (κ1) is 11.5.